The molecular weight excluding hydrogens is 520 g/mol. The number of amides is 2. The minimum atomic E-state index is -0.756. The summed E-state index contributed by atoms with van der Waals surface area (Å²) in [5, 5.41) is 9.52. The number of rotatable bonds is 9. The first-order chi connectivity index (χ1) is 19.8. The molecule has 0 spiro atoms. The van der Waals surface area contributed by atoms with Gasteiger partial charge in [-0.3, -0.25) is 29.5 Å². The van der Waals surface area contributed by atoms with Crippen molar-refractivity contribution < 1.29 is 14.7 Å². The number of aliphatic hydroxyl groups excluding tert-OH is 1. The summed E-state index contributed by atoms with van der Waals surface area (Å²) in [7, 11) is 0. The monoisotopic (exact) mass is 556 g/mol. The molecule has 41 heavy (non-hydrogen) atoms. The molecule has 0 saturated carbocycles. The second-order valence-corrected chi connectivity index (χ2v) is 10.7. The number of aliphatic hydroxyl groups is 1. The molecule has 1 saturated heterocycles. The summed E-state index contributed by atoms with van der Waals surface area (Å²) in [4.78, 5) is 48.0. The Morgan fingerprint density at radius 1 is 0.805 bits per heavy atom. The van der Waals surface area contributed by atoms with E-state index >= 15 is 0 Å². The fourth-order valence-electron chi connectivity index (χ4n) is 5.57. The second-order valence-electron chi connectivity index (χ2n) is 10.7. The zero-order valence-electron chi connectivity index (χ0n) is 23.1. The van der Waals surface area contributed by atoms with Crippen LogP contribution in [0.5, 0.6) is 0 Å². The Labute approximate surface area is 238 Å². The van der Waals surface area contributed by atoms with Crippen LogP contribution in [0.1, 0.15) is 30.9 Å². The topological polar surface area (TPSA) is 164 Å². The Bertz CT molecular complexity index is 1530. The minimum Gasteiger partial charge on any atom is -0.396 e. The third-order valence-corrected chi connectivity index (χ3v) is 7.72. The number of benzene rings is 2. The lowest BCUT2D eigenvalue weighted by Crippen LogP contribution is -2.64. The Balaban J connectivity index is 1.26. The van der Waals surface area contributed by atoms with Crippen LogP contribution in [-0.2, 0) is 22.4 Å². The van der Waals surface area contributed by atoms with Gasteiger partial charge in [-0.25, -0.2) is 0 Å². The normalized spacial score (nSPS) is 18.9. The van der Waals surface area contributed by atoms with E-state index in [-0.39, 0.29) is 30.5 Å². The maximum atomic E-state index is 13.6. The molecule has 0 aliphatic carbocycles. The largest absolute Gasteiger partial charge is 0.396 e. The van der Waals surface area contributed by atoms with Crippen LogP contribution in [0, 0.1) is 0 Å². The van der Waals surface area contributed by atoms with Crippen molar-refractivity contribution in [1.29, 1.82) is 0 Å². The lowest BCUT2D eigenvalue weighted by Gasteiger charge is -2.46. The number of fused-ring (bicyclic) bond motifs is 2. The number of piperazine rings is 1. The number of aromatic nitrogens is 4. The lowest BCUT2D eigenvalue weighted by molar-refractivity contribution is -0.148. The van der Waals surface area contributed by atoms with Gasteiger partial charge in [0.1, 0.15) is 0 Å². The zero-order valence-corrected chi connectivity index (χ0v) is 23.1. The van der Waals surface area contributed by atoms with Crippen LogP contribution in [0.4, 0.5) is 0 Å². The van der Waals surface area contributed by atoms with Crippen LogP contribution >= 0.6 is 0 Å². The van der Waals surface area contributed by atoms with E-state index < -0.39 is 12.1 Å². The fourth-order valence-corrected chi connectivity index (χ4v) is 5.57. The summed E-state index contributed by atoms with van der Waals surface area (Å²) >= 11 is 0. The summed E-state index contributed by atoms with van der Waals surface area (Å²) in [5.74, 6) is -0.341. The van der Waals surface area contributed by atoms with Crippen molar-refractivity contribution in [3.63, 3.8) is 0 Å². The van der Waals surface area contributed by atoms with Gasteiger partial charge in [-0.1, -0.05) is 12.1 Å². The zero-order chi connectivity index (χ0) is 28.9. The molecule has 1 aliphatic heterocycles. The number of carbonyl (C=O) groups is 2. The number of nitrogens with two attached hydrogens (primary N) is 2. The van der Waals surface area contributed by atoms with E-state index in [4.69, 9.17) is 11.5 Å². The molecule has 214 valence electrons. The molecule has 3 heterocycles. The van der Waals surface area contributed by atoms with Crippen molar-refractivity contribution in [2.75, 3.05) is 19.7 Å². The van der Waals surface area contributed by atoms with Crippen molar-refractivity contribution in [3.8, 4) is 0 Å². The lowest BCUT2D eigenvalue weighted by atomic mass is 9.97. The van der Waals surface area contributed by atoms with Gasteiger partial charge >= 0.3 is 0 Å². The predicted molar refractivity (Wildman–Crippen MR) is 155 cm³/mol. The summed E-state index contributed by atoms with van der Waals surface area (Å²) in [5.41, 5.74) is 17.7. The molecule has 4 atom stereocenters. The molecule has 5 N–H and O–H groups in total. The number of nitrogens with zero attached hydrogens (tertiary/aromatic N) is 6. The molecule has 0 bridgehead atoms. The Hall–Kier alpha value is -4.06. The van der Waals surface area contributed by atoms with Crippen molar-refractivity contribution >= 4 is 33.9 Å². The quantitative estimate of drug-likeness (QED) is 0.275. The van der Waals surface area contributed by atoms with E-state index in [1.807, 2.05) is 43.3 Å². The standard InChI is InChI=1S/C30H36N8O3/c1-19-17-38(30(41)24(32)14-21-5-7-26-28(16-21)36-11-9-34-26)22(3-2-12-39)18-37(19)29(40)23(31)13-20-4-6-25-27(15-20)35-10-8-33-25/h4-11,15-16,19,22-24,39H,2-3,12-14,17-18,31-32H2,1H3/t19-,22+,23?,24?/m1/s1. The maximum absolute atomic E-state index is 13.6. The highest BCUT2D eigenvalue weighted by Gasteiger charge is 2.39. The van der Waals surface area contributed by atoms with Crippen molar-refractivity contribution in [1.82, 2.24) is 29.7 Å². The van der Waals surface area contributed by atoms with Crippen LogP contribution in [0.2, 0.25) is 0 Å². The number of carbonyl (C=O) groups excluding carboxylic acids is 2. The summed E-state index contributed by atoms with van der Waals surface area (Å²) in [6.45, 7) is 2.60. The van der Waals surface area contributed by atoms with Crippen LogP contribution in [0.25, 0.3) is 22.1 Å². The first kappa shape index (κ1) is 28.5. The van der Waals surface area contributed by atoms with Gasteiger partial charge in [0, 0.05) is 56.6 Å². The van der Waals surface area contributed by atoms with Gasteiger partial charge in [0.25, 0.3) is 0 Å². The molecule has 0 radical (unpaired) electrons. The maximum Gasteiger partial charge on any atom is 0.240 e. The minimum absolute atomic E-state index is 0.00339. The highest BCUT2D eigenvalue weighted by atomic mass is 16.3. The number of hydrogen-bond acceptors (Lipinski definition) is 9. The van der Waals surface area contributed by atoms with E-state index in [1.165, 1.54) is 0 Å². The SMILES string of the molecule is C[C@@H]1CN(C(=O)C(N)Cc2ccc3nccnc3c2)[C@@H](CCCO)CN1C(=O)C(N)Cc1ccc2nccnc2c1. The third-order valence-electron chi connectivity index (χ3n) is 7.72. The third kappa shape index (κ3) is 6.48. The Morgan fingerprint density at radius 3 is 1.80 bits per heavy atom. The molecule has 1 fully saturated rings. The van der Waals surface area contributed by atoms with Gasteiger partial charge in [0.15, 0.2) is 0 Å². The summed E-state index contributed by atoms with van der Waals surface area (Å²) < 4.78 is 0. The summed E-state index contributed by atoms with van der Waals surface area (Å²) in [6, 6.07) is 9.37. The molecule has 2 amide bonds. The first-order valence-electron chi connectivity index (χ1n) is 14.0. The number of hydrogen-bond donors (Lipinski definition) is 3. The predicted octanol–water partition coefficient (Wildman–Crippen LogP) is 1.21. The summed E-state index contributed by atoms with van der Waals surface area (Å²) in [6.07, 6.45) is 8.32. The smallest absolute Gasteiger partial charge is 0.240 e. The average molecular weight is 557 g/mol. The van der Waals surface area contributed by atoms with Gasteiger partial charge < -0.3 is 26.4 Å². The molecule has 4 aromatic rings. The highest BCUT2D eigenvalue weighted by molar-refractivity contribution is 5.85. The van der Waals surface area contributed by atoms with Gasteiger partial charge in [0.2, 0.25) is 11.8 Å². The average Bonchev–Trinajstić information content (AvgIpc) is 2.99. The molecular formula is C30H36N8O3. The van der Waals surface area contributed by atoms with E-state index in [9.17, 15) is 14.7 Å². The van der Waals surface area contributed by atoms with Gasteiger partial charge in [0.05, 0.1) is 34.2 Å². The highest BCUT2D eigenvalue weighted by Crippen LogP contribution is 2.23. The van der Waals surface area contributed by atoms with E-state index in [2.05, 4.69) is 19.9 Å². The van der Waals surface area contributed by atoms with Gasteiger partial charge in [-0.2, -0.15) is 0 Å². The van der Waals surface area contributed by atoms with Crippen LogP contribution < -0.4 is 11.5 Å². The Morgan fingerprint density at radius 2 is 1.29 bits per heavy atom. The van der Waals surface area contributed by atoms with Crippen molar-refractivity contribution in [2.24, 2.45) is 11.5 Å². The van der Waals surface area contributed by atoms with E-state index in [0.29, 0.717) is 38.8 Å². The van der Waals surface area contributed by atoms with Gasteiger partial charge in [-0.05, 0) is 68.0 Å². The Kier molecular flexibility index (Phi) is 8.77. The van der Waals surface area contributed by atoms with Crippen LogP contribution in [0.3, 0.4) is 0 Å². The molecule has 2 aromatic carbocycles. The van der Waals surface area contributed by atoms with Gasteiger partial charge in [-0.15, -0.1) is 0 Å². The fraction of sp³-hybridized carbons (Fsp3) is 0.400. The molecule has 2 unspecified atom stereocenters. The van der Waals surface area contributed by atoms with Crippen molar-refractivity contribution in [2.45, 2.75) is 56.8 Å². The first-order valence-corrected chi connectivity index (χ1v) is 14.0. The molecule has 5 rings (SSSR count). The van der Waals surface area contributed by atoms with Crippen molar-refractivity contribution in [3.05, 3.63) is 72.3 Å². The molecule has 1 aliphatic rings. The van der Waals surface area contributed by atoms with Crippen LogP contribution in [-0.4, -0.2) is 90.5 Å². The molecule has 11 nitrogen and oxygen atoms in total. The molecule has 11 heteroatoms. The van der Waals surface area contributed by atoms with Crippen LogP contribution in [0.15, 0.2) is 61.2 Å². The molecule has 2 aromatic heterocycles. The second kappa shape index (κ2) is 12.6. The van der Waals surface area contributed by atoms with E-state index in [1.54, 1.807) is 34.6 Å². The van der Waals surface area contributed by atoms with E-state index in [0.717, 1.165) is 33.2 Å².